The summed E-state index contributed by atoms with van der Waals surface area (Å²) in [5.41, 5.74) is 1.82. The summed E-state index contributed by atoms with van der Waals surface area (Å²) in [5.74, 6) is -1.14. The van der Waals surface area contributed by atoms with Gasteiger partial charge in [-0.25, -0.2) is 4.79 Å². The first-order chi connectivity index (χ1) is 10.7. The molecule has 0 fully saturated rings. The topological polar surface area (TPSA) is 97.1 Å². The Morgan fingerprint density at radius 3 is 2.57 bits per heavy atom. The second-order valence-electron chi connectivity index (χ2n) is 6.07. The fourth-order valence-electron chi connectivity index (χ4n) is 2.29. The van der Waals surface area contributed by atoms with Crippen molar-refractivity contribution in [1.29, 1.82) is 0 Å². The monoisotopic (exact) mass is 316 g/mol. The van der Waals surface area contributed by atoms with Crippen molar-refractivity contribution in [1.82, 2.24) is 20.3 Å². The van der Waals surface area contributed by atoms with Crippen molar-refractivity contribution in [2.75, 3.05) is 0 Å². The Labute approximate surface area is 134 Å². The summed E-state index contributed by atoms with van der Waals surface area (Å²) < 4.78 is 1.58. The molecule has 0 unspecified atom stereocenters. The van der Waals surface area contributed by atoms with Gasteiger partial charge in [-0.2, -0.15) is 0 Å². The predicted octanol–water partition coefficient (Wildman–Crippen LogP) is 1.42. The molecule has 2 rings (SSSR count). The Morgan fingerprint density at radius 1 is 1.35 bits per heavy atom. The van der Waals surface area contributed by atoms with Crippen LogP contribution in [0.5, 0.6) is 0 Å². The molecule has 0 atom stereocenters. The number of rotatable bonds is 5. The number of carboxylic acid groups (broad SMARTS) is 1. The lowest BCUT2D eigenvalue weighted by Crippen LogP contribution is -2.42. The first-order valence-corrected chi connectivity index (χ1v) is 7.19. The van der Waals surface area contributed by atoms with E-state index in [9.17, 15) is 9.59 Å². The van der Waals surface area contributed by atoms with Crippen molar-refractivity contribution in [3.63, 3.8) is 0 Å². The maximum Gasteiger partial charge on any atom is 0.335 e. The predicted molar refractivity (Wildman–Crippen MR) is 84.0 cm³/mol. The Kier molecular flexibility index (Phi) is 4.49. The number of nitrogens with zero attached hydrogens (tertiary/aromatic N) is 3. The molecule has 0 spiro atoms. The summed E-state index contributed by atoms with van der Waals surface area (Å²) in [6.07, 6.45) is 1.93. The molecular weight excluding hydrogens is 296 g/mol. The van der Waals surface area contributed by atoms with Gasteiger partial charge >= 0.3 is 5.97 Å². The minimum Gasteiger partial charge on any atom is -0.478 e. The highest BCUT2D eigenvalue weighted by molar-refractivity contribution is 5.88. The van der Waals surface area contributed by atoms with Crippen LogP contribution in [0, 0.1) is 6.92 Å². The van der Waals surface area contributed by atoms with Crippen molar-refractivity contribution >= 4 is 11.9 Å². The first kappa shape index (κ1) is 16.7. The largest absolute Gasteiger partial charge is 0.478 e. The minimum absolute atomic E-state index is 0.160. The first-order valence-electron chi connectivity index (χ1n) is 7.19. The van der Waals surface area contributed by atoms with Crippen LogP contribution >= 0.6 is 0 Å². The molecule has 1 aromatic heterocycles. The van der Waals surface area contributed by atoms with Gasteiger partial charge in [0, 0.05) is 7.05 Å². The number of aromatic nitrogens is 3. The smallest absolute Gasteiger partial charge is 0.335 e. The molecular formula is C16H20N4O3. The van der Waals surface area contributed by atoms with Crippen molar-refractivity contribution in [3.05, 3.63) is 46.8 Å². The molecule has 0 aliphatic carbocycles. The van der Waals surface area contributed by atoms with Crippen LogP contribution in [0.25, 0.3) is 0 Å². The quantitative estimate of drug-likeness (QED) is 0.869. The number of hydrogen-bond donors (Lipinski definition) is 2. The van der Waals surface area contributed by atoms with Gasteiger partial charge in [0.2, 0.25) is 5.91 Å². The SMILES string of the molecule is Cc1cc(C(=O)O)ccc1CC(=O)NC(C)(C)c1cn(C)nn1. The third-order valence-corrected chi connectivity index (χ3v) is 3.64. The molecule has 1 aromatic carbocycles. The average Bonchev–Trinajstić information content (AvgIpc) is 2.87. The van der Waals surface area contributed by atoms with Crippen molar-refractivity contribution in [3.8, 4) is 0 Å². The van der Waals surface area contributed by atoms with Crippen LogP contribution in [-0.2, 0) is 23.8 Å². The molecule has 0 aliphatic rings. The maximum absolute atomic E-state index is 12.3. The summed E-state index contributed by atoms with van der Waals surface area (Å²) in [6.45, 7) is 5.51. The van der Waals surface area contributed by atoms with Crippen LogP contribution in [0.4, 0.5) is 0 Å². The molecule has 7 nitrogen and oxygen atoms in total. The van der Waals surface area contributed by atoms with Crippen LogP contribution in [0.3, 0.4) is 0 Å². The van der Waals surface area contributed by atoms with Gasteiger partial charge in [0.05, 0.1) is 23.7 Å². The molecule has 1 amide bonds. The molecule has 1 heterocycles. The number of carbonyl (C=O) groups is 2. The Morgan fingerprint density at radius 2 is 2.04 bits per heavy atom. The Balaban J connectivity index is 2.09. The molecule has 0 saturated heterocycles. The summed E-state index contributed by atoms with van der Waals surface area (Å²) in [7, 11) is 1.77. The van der Waals surface area contributed by atoms with Gasteiger partial charge in [0.1, 0.15) is 5.69 Å². The molecule has 2 aromatic rings. The van der Waals surface area contributed by atoms with Gasteiger partial charge in [0.25, 0.3) is 0 Å². The van der Waals surface area contributed by atoms with Gasteiger partial charge in [-0.1, -0.05) is 11.3 Å². The Hall–Kier alpha value is -2.70. The molecule has 0 bridgehead atoms. The van der Waals surface area contributed by atoms with Crippen LogP contribution in [0.1, 0.15) is 41.0 Å². The third-order valence-electron chi connectivity index (χ3n) is 3.64. The van der Waals surface area contributed by atoms with Gasteiger partial charge < -0.3 is 10.4 Å². The highest BCUT2D eigenvalue weighted by atomic mass is 16.4. The zero-order chi connectivity index (χ0) is 17.2. The zero-order valence-electron chi connectivity index (χ0n) is 13.6. The summed E-state index contributed by atoms with van der Waals surface area (Å²) in [6, 6.07) is 4.75. The van der Waals surface area contributed by atoms with E-state index in [4.69, 9.17) is 5.11 Å². The Bertz CT molecular complexity index is 750. The second-order valence-corrected chi connectivity index (χ2v) is 6.07. The molecule has 2 N–H and O–H groups in total. The highest BCUT2D eigenvalue weighted by Gasteiger charge is 2.26. The lowest BCUT2D eigenvalue weighted by molar-refractivity contribution is -0.122. The number of carbonyl (C=O) groups excluding carboxylic acids is 1. The van der Waals surface area contributed by atoms with E-state index in [1.54, 1.807) is 37.0 Å². The minimum atomic E-state index is -0.979. The van der Waals surface area contributed by atoms with E-state index < -0.39 is 11.5 Å². The van der Waals surface area contributed by atoms with Crippen molar-refractivity contribution < 1.29 is 14.7 Å². The standard InChI is InChI=1S/C16H20N4O3/c1-10-7-12(15(22)23)6-5-11(10)8-14(21)17-16(2,3)13-9-20(4)19-18-13/h5-7,9H,8H2,1-4H3,(H,17,21)(H,22,23). The van der Waals surface area contributed by atoms with Gasteiger partial charge in [-0.3, -0.25) is 9.48 Å². The fraction of sp³-hybridized carbons (Fsp3) is 0.375. The fourth-order valence-corrected chi connectivity index (χ4v) is 2.29. The zero-order valence-corrected chi connectivity index (χ0v) is 13.6. The molecule has 0 aliphatic heterocycles. The van der Waals surface area contributed by atoms with Crippen LogP contribution in [0.2, 0.25) is 0 Å². The highest BCUT2D eigenvalue weighted by Crippen LogP contribution is 2.18. The van der Waals surface area contributed by atoms with E-state index in [1.807, 2.05) is 13.8 Å². The van der Waals surface area contributed by atoms with Crippen LogP contribution < -0.4 is 5.32 Å². The number of carboxylic acids is 1. The molecule has 0 radical (unpaired) electrons. The van der Waals surface area contributed by atoms with E-state index in [-0.39, 0.29) is 17.9 Å². The number of nitrogens with one attached hydrogen (secondary N) is 1. The van der Waals surface area contributed by atoms with Crippen LogP contribution in [0.15, 0.2) is 24.4 Å². The molecule has 122 valence electrons. The molecule has 7 heteroatoms. The lowest BCUT2D eigenvalue weighted by atomic mass is 9.99. The number of benzene rings is 1. The van der Waals surface area contributed by atoms with E-state index in [2.05, 4.69) is 15.6 Å². The number of amides is 1. The van der Waals surface area contributed by atoms with E-state index in [0.717, 1.165) is 11.1 Å². The second kappa shape index (κ2) is 6.20. The van der Waals surface area contributed by atoms with Crippen molar-refractivity contribution in [2.45, 2.75) is 32.7 Å². The van der Waals surface area contributed by atoms with E-state index in [1.165, 1.54) is 6.07 Å². The third kappa shape index (κ3) is 3.94. The van der Waals surface area contributed by atoms with Crippen molar-refractivity contribution in [2.24, 2.45) is 7.05 Å². The van der Waals surface area contributed by atoms with Gasteiger partial charge in [0.15, 0.2) is 0 Å². The summed E-state index contributed by atoms with van der Waals surface area (Å²) in [5, 5.41) is 19.8. The van der Waals surface area contributed by atoms with Crippen LogP contribution in [-0.4, -0.2) is 32.0 Å². The average molecular weight is 316 g/mol. The molecule has 0 saturated carbocycles. The van der Waals surface area contributed by atoms with Gasteiger partial charge in [-0.05, 0) is 44.0 Å². The van der Waals surface area contributed by atoms with Gasteiger partial charge in [-0.15, -0.1) is 5.10 Å². The normalized spacial score (nSPS) is 11.3. The number of aryl methyl sites for hydroxylation is 2. The summed E-state index contributed by atoms with van der Waals surface area (Å²) >= 11 is 0. The number of aromatic carboxylic acids is 1. The maximum atomic E-state index is 12.3. The van der Waals surface area contributed by atoms with E-state index >= 15 is 0 Å². The lowest BCUT2D eigenvalue weighted by Gasteiger charge is -2.24. The summed E-state index contributed by atoms with van der Waals surface area (Å²) in [4.78, 5) is 23.2. The van der Waals surface area contributed by atoms with E-state index in [0.29, 0.717) is 5.69 Å². The number of hydrogen-bond acceptors (Lipinski definition) is 4. The molecule has 23 heavy (non-hydrogen) atoms.